The van der Waals surface area contributed by atoms with Crippen molar-refractivity contribution in [2.75, 3.05) is 21.3 Å². The summed E-state index contributed by atoms with van der Waals surface area (Å²) in [6.45, 7) is -0.123. The maximum Gasteiger partial charge on any atom is 0.341 e. The molecule has 7 nitrogen and oxygen atoms in total. The Morgan fingerprint density at radius 1 is 1.04 bits per heavy atom. The van der Waals surface area contributed by atoms with Gasteiger partial charge in [0.15, 0.2) is 17.3 Å². The molecule has 134 valence electrons. The zero-order valence-corrected chi connectivity index (χ0v) is 14.4. The van der Waals surface area contributed by atoms with Crippen LogP contribution in [-0.4, -0.2) is 33.3 Å². The zero-order valence-electron chi connectivity index (χ0n) is 14.4. The Balaban J connectivity index is 1.87. The largest absolute Gasteiger partial charge is 0.493 e. The minimum Gasteiger partial charge on any atom is -0.493 e. The van der Waals surface area contributed by atoms with Crippen molar-refractivity contribution in [3.63, 3.8) is 0 Å². The van der Waals surface area contributed by atoms with E-state index in [-0.39, 0.29) is 24.4 Å². The molecule has 25 heavy (non-hydrogen) atoms. The van der Waals surface area contributed by atoms with Gasteiger partial charge in [0.2, 0.25) is 0 Å². The molecule has 0 aliphatic rings. The predicted octanol–water partition coefficient (Wildman–Crippen LogP) is 2.76. The van der Waals surface area contributed by atoms with Crippen molar-refractivity contribution < 1.29 is 33.0 Å². The van der Waals surface area contributed by atoms with E-state index in [2.05, 4.69) is 4.74 Å². The summed E-state index contributed by atoms with van der Waals surface area (Å²) in [6, 6.07) is 6.92. The van der Waals surface area contributed by atoms with Crippen LogP contribution in [0.1, 0.15) is 28.1 Å². The second kappa shape index (κ2) is 8.77. The SMILES string of the molecule is COC(=O)c1ccoc1COC(=O)CCc1ccc(OC)c(OC)c1. The Morgan fingerprint density at radius 2 is 1.80 bits per heavy atom. The number of furan rings is 1. The highest BCUT2D eigenvalue weighted by molar-refractivity contribution is 5.90. The first kappa shape index (κ1) is 18.4. The highest BCUT2D eigenvalue weighted by atomic mass is 16.5. The highest BCUT2D eigenvalue weighted by Crippen LogP contribution is 2.28. The third kappa shape index (κ3) is 4.76. The molecular weight excluding hydrogens is 328 g/mol. The fraction of sp³-hybridized carbons (Fsp3) is 0.333. The van der Waals surface area contributed by atoms with Crippen LogP contribution in [0.5, 0.6) is 11.5 Å². The number of aryl methyl sites for hydroxylation is 1. The van der Waals surface area contributed by atoms with Gasteiger partial charge in [-0.25, -0.2) is 4.79 Å². The van der Waals surface area contributed by atoms with Crippen LogP contribution < -0.4 is 9.47 Å². The van der Waals surface area contributed by atoms with Crippen LogP contribution in [0.4, 0.5) is 0 Å². The molecule has 1 aromatic heterocycles. The van der Waals surface area contributed by atoms with Crippen molar-refractivity contribution in [2.24, 2.45) is 0 Å². The first-order valence-corrected chi connectivity index (χ1v) is 7.60. The molecule has 0 saturated heterocycles. The summed E-state index contributed by atoms with van der Waals surface area (Å²) in [5.74, 6) is 0.548. The monoisotopic (exact) mass is 348 g/mol. The van der Waals surface area contributed by atoms with E-state index in [1.54, 1.807) is 20.3 Å². The van der Waals surface area contributed by atoms with Crippen molar-refractivity contribution in [2.45, 2.75) is 19.4 Å². The summed E-state index contributed by atoms with van der Waals surface area (Å²) < 4.78 is 25.3. The number of hydrogen-bond donors (Lipinski definition) is 0. The molecule has 7 heteroatoms. The van der Waals surface area contributed by atoms with Crippen molar-refractivity contribution in [3.05, 3.63) is 47.4 Å². The molecule has 0 aliphatic heterocycles. The zero-order chi connectivity index (χ0) is 18.2. The molecule has 0 bridgehead atoms. The minimum absolute atomic E-state index is 0.123. The summed E-state index contributed by atoms with van der Waals surface area (Å²) in [5, 5.41) is 0. The molecule has 0 aliphatic carbocycles. The number of carbonyl (C=O) groups is 2. The summed E-state index contributed by atoms with van der Waals surface area (Å²) in [5.41, 5.74) is 1.16. The number of carbonyl (C=O) groups excluding carboxylic acids is 2. The van der Waals surface area contributed by atoms with Crippen LogP contribution in [0.2, 0.25) is 0 Å². The molecule has 1 heterocycles. The molecule has 0 fully saturated rings. The third-order valence-electron chi connectivity index (χ3n) is 3.58. The van der Waals surface area contributed by atoms with Gasteiger partial charge in [-0.05, 0) is 30.2 Å². The standard InChI is InChI=1S/C18H20O7/c1-21-14-6-4-12(10-15(14)22-2)5-7-17(19)25-11-16-13(8-9-24-16)18(20)23-3/h4,6,8-10H,5,7,11H2,1-3H3. The predicted molar refractivity (Wildman–Crippen MR) is 87.7 cm³/mol. The van der Waals surface area contributed by atoms with Crippen molar-refractivity contribution in [3.8, 4) is 11.5 Å². The molecule has 2 rings (SSSR count). The Labute approximate surface area is 145 Å². The quantitative estimate of drug-likeness (QED) is 0.678. The van der Waals surface area contributed by atoms with Gasteiger partial charge in [-0.1, -0.05) is 6.07 Å². The Morgan fingerprint density at radius 3 is 2.48 bits per heavy atom. The first-order valence-electron chi connectivity index (χ1n) is 7.60. The highest BCUT2D eigenvalue weighted by Gasteiger charge is 2.16. The summed E-state index contributed by atoms with van der Waals surface area (Å²) in [4.78, 5) is 23.4. The molecular formula is C18H20O7. The maximum atomic E-state index is 11.9. The molecule has 0 spiro atoms. The van der Waals surface area contributed by atoms with Crippen molar-refractivity contribution in [1.29, 1.82) is 0 Å². The van der Waals surface area contributed by atoms with Gasteiger partial charge >= 0.3 is 11.9 Å². The number of methoxy groups -OCH3 is 3. The van der Waals surface area contributed by atoms with Gasteiger partial charge in [0.1, 0.15) is 12.2 Å². The van der Waals surface area contributed by atoms with Crippen LogP contribution in [0.25, 0.3) is 0 Å². The smallest absolute Gasteiger partial charge is 0.341 e. The first-order chi connectivity index (χ1) is 12.1. The molecule has 0 amide bonds. The third-order valence-corrected chi connectivity index (χ3v) is 3.58. The number of benzene rings is 1. The molecule has 0 saturated carbocycles. The Bertz CT molecular complexity index is 733. The Kier molecular flexibility index (Phi) is 6.45. The number of rotatable bonds is 8. The Hall–Kier alpha value is -2.96. The van der Waals surface area contributed by atoms with Gasteiger partial charge in [0.05, 0.1) is 27.6 Å². The minimum atomic E-state index is -0.537. The van der Waals surface area contributed by atoms with Crippen LogP contribution in [-0.2, 0) is 27.3 Å². The fourth-order valence-electron chi connectivity index (χ4n) is 2.24. The number of esters is 2. The van der Waals surface area contributed by atoms with Gasteiger partial charge in [0, 0.05) is 6.42 Å². The van der Waals surface area contributed by atoms with E-state index in [0.29, 0.717) is 17.9 Å². The van der Waals surface area contributed by atoms with Crippen LogP contribution in [0.15, 0.2) is 34.9 Å². The summed E-state index contributed by atoms with van der Waals surface area (Å²) in [6.07, 6.45) is 2.02. The average Bonchev–Trinajstić information content (AvgIpc) is 3.12. The van der Waals surface area contributed by atoms with Gasteiger partial charge in [0.25, 0.3) is 0 Å². The molecule has 0 N–H and O–H groups in total. The van der Waals surface area contributed by atoms with E-state index in [4.69, 9.17) is 18.6 Å². The molecule has 0 radical (unpaired) electrons. The summed E-state index contributed by atoms with van der Waals surface area (Å²) in [7, 11) is 4.39. The maximum absolute atomic E-state index is 11.9. The lowest BCUT2D eigenvalue weighted by Gasteiger charge is -2.09. The van der Waals surface area contributed by atoms with Gasteiger partial charge in [-0.3, -0.25) is 4.79 Å². The van der Waals surface area contributed by atoms with Crippen molar-refractivity contribution >= 4 is 11.9 Å². The molecule has 0 unspecified atom stereocenters. The van der Waals surface area contributed by atoms with Crippen LogP contribution >= 0.6 is 0 Å². The van der Waals surface area contributed by atoms with Gasteiger partial charge < -0.3 is 23.4 Å². The van der Waals surface area contributed by atoms with E-state index in [1.807, 2.05) is 12.1 Å². The molecule has 2 aromatic rings. The lowest BCUT2D eigenvalue weighted by atomic mass is 10.1. The second-order valence-electron chi connectivity index (χ2n) is 5.10. The van der Waals surface area contributed by atoms with Gasteiger partial charge in [-0.15, -0.1) is 0 Å². The van der Waals surface area contributed by atoms with E-state index >= 15 is 0 Å². The lowest BCUT2D eigenvalue weighted by molar-refractivity contribution is -0.145. The van der Waals surface area contributed by atoms with E-state index in [0.717, 1.165) is 5.56 Å². The fourth-order valence-corrected chi connectivity index (χ4v) is 2.24. The van der Waals surface area contributed by atoms with E-state index < -0.39 is 11.9 Å². The molecule has 0 atom stereocenters. The number of ether oxygens (including phenoxy) is 4. The van der Waals surface area contributed by atoms with E-state index in [1.165, 1.54) is 19.4 Å². The van der Waals surface area contributed by atoms with Gasteiger partial charge in [-0.2, -0.15) is 0 Å². The van der Waals surface area contributed by atoms with Crippen LogP contribution in [0.3, 0.4) is 0 Å². The summed E-state index contributed by atoms with van der Waals surface area (Å²) >= 11 is 0. The molecule has 1 aromatic carbocycles. The normalized spacial score (nSPS) is 10.2. The van der Waals surface area contributed by atoms with Crippen molar-refractivity contribution in [1.82, 2.24) is 0 Å². The number of hydrogen-bond acceptors (Lipinski definition) is 7. The topological polar surface area (TPSA) is 84.2 Å². The van der Waals surface area contributed by atoms with Crippen LogP contribution in [0, 0.1) is 0 Å². The second-order valence-corrected chi connectivity index (χ2v) is 5.10. The van der Waals surface area contributed by atoms with E-state index in [9.17, 15) is 9.59 Å². The lowest BCUT2D eigenvalue weighted by Crippen LogP contribution is -2.09. The average molecular weight is 348 g/mol.